The molecule has 0 atom stereocenters. The van der Waals surface area contributed by atoms with Crippen LogP contribution in [0.5, 0.6) is 0 Å². The molecule has 1 aliphatic heterocycles. The second kappa shape index (κ2) is 9.07. The first-order valence-corrected chi connectivity index (χ1v) is 12.5. The molecule has 0 aliphatic carbocycles. The van der Waals surface area contributed by atoms with Gasteiger partial charge in [-0.25, -0.2) is 9.50 Å². The van der Waals surface area contributed by atoms with E-state index in [1.165, 1.54) is 16.5 Å². The normalized spacial score (nSPS) is 15.3. The van der Waals surface area contributed by atoms with Crippen molar-refractivity contribution < 1.29 is 4.79 Å². The van der Waals surface area contributed by atoms with Crippen molar-refractivity contribution in [3.05, 3.63) is 47.2 Å². The minimum absolute atomic E-state index is 0.212. The molecule has 0 bridgehead atoms. The number of aromatic nitrogens is 5. The number of fused-ring (bicyclic) bond motifs is 2. The Morgan fingerprint density at radius 1 is 1.17 bits per heavy atom. The number of pyridine rings is 2. The van der Waals surface area contributed by atoms with Crippen molar-refractivity contribution in [1.82, 2.24) is 34.4 Å². The molecule has 1 saturated heterocycles. The number of aromatic amines is 1. The fraction of sp³-hybridized carbons (Fsp3) is 0.481. The van der Waals surface area contributed by atoms with Crippen LogP contribution in [-0.2, 0) is 4.79 Å². The zero-order valence-electron chi connectivity index (χ0n) is 21.6. The number of hydrogen-bond acceptors (Lipinski definition) is 5. The molecular formula is C27H35N7O. The van der Waals surface area contributed by atoms with Gasteiger partial charge in [-0.15, -0.1) is 0 Å². The third-order valence-electron chi connectivity index (χ3n) is 7.43. The number of amides is 1. The van der Waals surface area contributed by atoms with Crippen LogP contribution in [0.25, 0.3) is 27.8 Å². The second-order valence-electron chi connectivity index (χ2n) is 10.4. The average Bonchev–Trinajstić information content (AvgIpc) is 3.45. The van der Waals surface area contributed by atoms with Crippen LogP contribution >= 0.6 is 0 Å². The number of nitrogens with zero attached hydrogens (tertiary/aromatic N) is 6. The van der Waals surface area contributed by atoms with E-state index in [9.17, 15) is 4.79 Å². The van der Waals surface area contributed by atoms with Gasteiger partial charge in [-0.2, -0.15) is 5.10 Å². The lowest BCUT2D eigenvalue weighted by Crippen LogP contribution is -2.42. The molecule has 5 rings (SSSR count). The van der Waals surface area contributed by atoms with Gasteiger partial charge in [0, 0.05) is 41.8 Å². The van der Waals surface area contributed by atoms with E-state index >= 15 is 0 Å². The Labute approximate surface area is 206 Å². The third-order valence-corrected chi connectivity index (χ3v) is 7.43. The molecule has 1 N–H and O–H groups in total. The SMILES string of the molecule is Cc1c(-c2[nH]c3cnc(C4CCN(C(=O)CN(C)C)CC4)cc3c2C(C)C)cn2ncnc2c1C. The van der Waals surface area contributed by atoms with Crippen molar-refractivity contribution in [2.24, 2.45) is 0 Å². The van der Waals surface area contributed by atoms with E-state index in [1.807, 2.05) is 34.6 Å². The number of rotatable bonds is 5. The summed E-state index contributed by atoms with van der Waals surface area (Å²) in [6.45, 7) is 10.8. The smallest absolute Gasteiger partial charge is 0.236 e. The molecule has 0 aromatic carbocycles. The molecule has 0 spiro atoms. The number of nitrogens with one attached hydrogen (secondary N) is 1. The first kappa shape index (κ1) is 23.5. The molecule has 8 heteroatoms. The van der Waals surface area contributed by atoms with Gasteiger partial charge >= 0.3 is 0 Å². The number of likely N-dealkylation sites (N-methyl/N-ethyl adjacent to an activating group) is 1. The molecule has 0 unspecified atom stereocenters. The quantitative estimate of drug-likeness (QED) is 0.468. The van der Waals surface area contributed by atoms with Gasteiger partial charge in [-0.3, -0.25) is 9.78 Å². The maximum Gasteiger partial charge on any atom is 0.236 e. The lowest BCUT2D eigenvalue weighted by atomic mass is 9.90. The molecule has 1 fully saturated rings. The molecular weight excluding hydrogens is 438 g/mol. The van der Waals surface area contributed by atoms with Gasteiger partial charge in [-0.05, 0) is 69.5 Å². The van der Waals surface area contributed by atoms with E-state index in [0.717, 1.165) is 59.6 Å². The van der Waals surface area contributed by atoms with Crippen molar-refractivity contribution in [2.75, 3.05) is 33.7 Å². The highest BCUT2D eigenvalue weighted by Crippen LogP contribution is 2.39. The summed E-state index contributed by atoms with van der Waals surface area (Å²) in [5.41, 5.74) is 9.03. The summed E-state index contributed by atoms with van der Waals surface area (Å²) < 4.78 is 1.86. The zero-order chi connectivity index (χ0) is 24.9. The molecule has 35 heavy (non-hydrogen) atoms. The molecule has 0 saturated carbocycles. The molecule has 8 nitrogen and oxygen atoms in total. The van der Waals surface area contributed by atoms with E-state index in [4.69, 9.17) is 4.98 Å². The largest absolute Gasteiger partial charge is 0.353 e. The van der Waals surface area contributed by atoms with Crippen LogP contribution in [-0.4, -0.2) is 74.0 Å². The topological polar surface area (TPSA) is 82.4 Å². The minimum atomic E-state index is 0.212. The first-order valence-electron chi connectivity index (χ1n) is 12.5. The number of piperidine rings is 1. The number of carbonyl (C=O) groups excluding carboxylic acids is 1. The maximum atomic E-state index is 12.5. The van der Waals surface area contributed by atoms with E-state index in [2.05, 4.69) is 55.0 Å². The van der Waals surface area contributed by atoms with E-state index in [1.54, 1.807) is 6.33 Å². The Balaban J connectivity index is 1.50. The van der Waals surface area contributed by atoms with E-state index < -0.39 is 0 Å². The number of carbonyl (C=O) groups is 1. The molecule has 184 valence electrons. The predicted molar refractivity (Wildman–Crippen MR) is 139 cm³/mol. The maximum absolute atomic E-state index is 12.5. The lowest BCUT2D eigenvalue weighted by Gasteiger charge is -2.32. The molecule has 4 aromatic heterocycles. The van der Waals surface area contributed by atoms with Gasteiger partial charge in [0.15, 0.2) is 5.65 Å². The Morgan fingerprint density at radius 2 is 1.91 bits per heavy atom. The summed E-state index contributed by atoms with van der Waals surface area (Å²) in [5.74, 6) is 0.923. The summed E-state index contributed by atoms with van der Waals surface area (Å²) in [7, 11) is 3.88. The number of aryl methyl sites for hydroxylation is 1. The van der Waals surface area contributed by atoms with E-state index in [0.29, 0.717) is 18.4 Å². The summed E-state index contributed by atoms with van der Waals surface area (Å²) in [6, 6.07) is 2.28. The van der Waals surface area contributed by atoms with Crippen LogP contribution in [0.1, 0.15) is 60.9 Å². The van der Waals surface area contributed by atoms with Crippen LogP contribution in [0.15, 0.2) is 24.8 Å². The highest BCUT2D eigenvalue weighted by Gasteiger charge is 2.26. The van der Waals surface area contributed by atoms with Crippen LogP contribution in [0, 0.1) is 13.8 Å². The van der Waals surface area contributed by atoms with Crippen LogP contribution < -0.4 is 0 Å². The third kappa shape index (κ3) is 4.20. The first-order chi connectivity index (χ1) is 16.7. The van der Waals surface area contributed by atoms with Crippen LogP contribution in [0.4, 0.5) is 0 Å². The van der Waals surface area contributed by atoms with Crippen molar-refractivity contribution >= 4 is 22.5 Å². The Morgan fingerprint density at radius 3 is 2.60 bits per heavy atom. The summed E-state index contributed by atoms with van der Waals surface area (Å²) in [6.07, 6.45) is 7.58. The second-order valence-corrected chi connectivity index (χ2v) is 10.4. The Hall–Kier alpha value is -3.26. The Kier molecular flexibility index (Phi) is 6.09. The fourth-order valence-electron chi connectivity index (χ4n) is 5.42. The van der Waals surface area contributed by atoms with Crippen LogP contribution in [0.3, 0.4) is 0 Å². The molecule has 0 radical (unpaired) electrons. The van der Waals surface area contributed by atoms with Gasteiger partial charge in [0.05, 0.1) is 24.0 Å². The van der Waals surface area contributed by atoms with E-state index in [-0.39, 0.29) is 5.91 Å². The van der Waals surface area contributed by atoms with Crippen molar-refractivity contribution in [3.8, 4) is 11.3 Å². The summed E-state index contributed by atoms with van der Waals surface area (Å²) in [5, 5.41) is 5.63. The summed E-state index contributed by atoms with van der Waals surface area (Å²) in [4.78, 5) is 29.3. The summed E-state index contributed by atoms with van der Waals surface area (Å²) >= 11 is 0. The van der Waals surface area contributed by atoms with Crippen molar-refractivity contribution in [1.29, 1.82) is 0 Å². The fourth-order valence-corrected chi connectivity index (χ4v) is 5.42. The molecule has 4 aromatic rings. The number of H-pyrrole nitrogens is 1. The number of hydrogen-bond donors (Lipinski definition) is 1. The van der Waals surface area contributed by atoms with Gasteiger partial charge in [-0.1, -0.05) is 13.8 Å². The van der Waals surface area contributed by atoms with Crippen molar-refractivity contribution in [3.63, 3.8) is 0 Å². The molecule has 5 heterocycles. The molecule has 1 aliphatic rings. The monoisotopic (exact) mass is 473 g/mol. The zero-order valence-corrected chi connectivity index (χ0v) is 21.6. The minimum Gasteiger partial charge on any atom is -0.353 e. The van der Waals surface area contributed by atoms with Crippen LogP contribution in [0.2, 0.25) is 0 Å². The number of likely N-dealkylation sites (tertiary alicyclic amines) is 1. The van der Waals surface area contributed by atoms with Gasteiger partial charge in [0.1, 0.15) is 6.33 Å². The van der Waals surface area contributed by atoms with Gasteiger partial charge in [0.25, 0.3) is 0 Å². The van der Waals surface area contributed by atoms with Gasteiger partial charge in [0.2, 0.25) is 5.91 Å². The average molecular weight is 474 g/mol. The van der Waals surface area contributed by atoms with Crippen molar-refractivity contribution in [2.45, 2.75) is 52.4 Å². The Bertz CT molecular complexity index is 1390. The highest BCUT2D eigenvalue weighted by atomic mass is 16.2. The van der Waals surface area contributed by atoms with Gasteiger partial charge < -0.3 is 14.8 Å². The lowest BCUT2D eigenvalue weighted by molar-refractivity contribution is -0.132. The predicted octanol–water partition coefficient (Wildman–Crippen LogP) is 4.28. The molecule has 1 amide bonds. The standard InChI is InChI=1S/C27H35N7O/c1-16(2)25-20-11-22(19-7-9-33(10-8-19)24(35)14-32(5)6)28-12-23(20)31-26(25)21-13-34-27(29-15-30-34)18(4)17(21)3/h11-13,15-16,19,31H,7-10,14H2,1-6H3. The highest BCUT2D eigenvalue weighted by molar-refractivity contribution is 5.92.